The fourth-order valence-corrected chi connectivity index (χ4v) is 2.11. The molecule has 0 spiro atoms. The molecule has 2 rings (SSSR count). The highest BCUT2D eigenvalue weighted by molar-refractivity contribution is 9.10. The molecule has 0 fully saturated rings. The molecule has 0 saturated carbocycles. The number of carboxylic acid groups (broad SMARTS) is 1. The Balaban J connectivity index is 2.44. The summed E-state index contributed by atoms with van der Waals surface area (Å²) in [6.45, 7) is 0.0256. The van der Waals surface area contributed by atoms with Gasteiger partial charge in [-0.05, 0) is 22.0 Å². The lowest BCUT2D eigenvalue weighted by Gasteiger charge is -2.06. The largest absolute Gasteiger partial charge is 0.475 e. The summed E-state index contributed by atoms with van der Waals surface area (Å²) < 4.78 is 6.16. The zero-order valence-electron chi connectivity index (χ0n) is 9.78. The van der Waals surface area contributed by atoms with Crippen LogP contribution >= 0.6 is 15.9 Å². The van der Waals surface area contributed by atoms with E-state index >= 15 is 0 Å². The van der Waals surface area contributed by atoms with Gasteiger partial charge >= 0.3 is 11.7 Å². The van der Waals surface area contributed by atoms with Crippen molar-refractivity contribution in [3.8, 4) is 0 Å². The van der Waals surface area contributed by atoms with Gasteiger partial charge in [-0.2, -0.15) is 0 Å². The van der Waals surface area contributed by atoms with Crippen LogP contribution in [0.25, 0.3) is 0 Å². The normalized spacial score (nSPS) is 10.4. The molecule has 104 valence electrons. The maximum atomic E-state index is 11.5. The van der Waals surface area contributed by atoms with Gasteiger partial charge in [0, 0.05) is 11.8 Å². The lowest BCUT2D eigenvalue weighted by molar-refractivity contribution is -0.386. The zero-order chi connectivity index (χ0) is 14.9. The Kier molecular flexibility index (Phi) is 3.70. The Morgan fingerprint density at radius 1 is 1.50 bits per heavy atom. The molecule has 2 aromatic rings. The van der Waals surface area contributed by atoms with Crippen molar-refractivity contribution in [1.29, 1.82) is 0 Å². The molecule has 0 radical (unpaired) electrons. The highest BCUT2D eigenvalue weighted by Crippen LogP contribution is 2.16. The second kappa shape index (κ2) is 5.29. The SMILES string of the molecule is O=C(O)c1occc1Cn1cc(Br)c(=O)c([N+](=O)[O-])c1. The molecule has 0 atom stereocenters. The first-order valence-corrected chi connectivity index (χ1v) is 6.03. The van der Waals surface area contributed by atoms with Crippen LogP contribution in [0.5, 0.6) is 0 Å². The van der Waals surface area contributed by atoms with E-state index in [0.29, 0.717) is 5.56 Å². The number of nitro groups is 1. The predicted molar refractivity (Wildman–Crippen MR) is 69.8 cm³/mol. The summed E-state index contributed by atoms with van der Waals surface area (Å²) in [5.74, 6) is -1.48. The topological polar surface area (TPSA) is 116 Å². The van der Waals surface area contributed by atoms with E-state index in [0.717, 1.165) is 6.20 Å². The molecule has 2 heterocycles. The monoisotopic (exact) mass is 342 g/mol. The predicted octanol–water partition coefficient (Wildman–Crippen LogP) is 1.86. The molecule has 0 aliphatic rings. The highest BCUT2D eigenvalue weighted by Gasteiger charge is 2.18. The van der Waals surface area contributed by atoms with Crippen LogP contribution in [0.1, 0.15) is 16.1 Å². The maximum absolute atomic E-state index is 11.5. The van der Waals surface area contributed by atoms with Crippen LogP contribution < -0.4 is 5.43 Å². The Morgan fingerprint density at radius 3 is 2.80 bits per heavy atom. The van der Waals surface area contributed by atoms with E-state index in [1.807, 2.05) is 0 Å². The molecule has 0 saturated heterocycles. The van der Waals surface area contributed by atoms with Crippen molar-refractivity contribution < 1.29 is 19.2 Å². The number of carboxylic acids is 1. The third-order valence-corrected chi connectivity index (χ3v) is 3.07. The second-order valence-corrected chi connectivity index (χ2v) is 4.68. The molecule has 9 heteroatoms. The number of nitrogens with zero attached hydrogens (tertiary/aromatic N) is 2. The smallest absolute Gasteiger partial charge is 0.372 e. The lowest BCUT2D eigenvalue weighted by Crippen LogP contribution is -2.14. The summed E-state index contributed by atoms with van der Waals surface area (Å²) in [6.07, 6.45) is 3.60. The average Bonchev–Trinajstić information content (AvgIpc) is 2.81. The van der Waals surface area contributed by atoms with Crippen molar-refractivity contribution in [2.75, 3.05) is 0 Å². The number of hydrogen-bond acceptors (Lipinski definition) is 5. The van der Waals surface area contributed by atoms with Gasteiger partial charge in [-0.15, -0.1) is 0 Å². The van der Waals surface area contributed by atoms with Gasteiger partial charge in [-0.25, -0.2) is 4.79 Å². The van der Waals surface area contributed by atoms with Crippen LogP contribution in [-0.2, 0) is 6.54 Å². The van der Waals surface area contributed by atoms with Crippen molar-refractivity contribution in [3.05, 3.63) is 60.9 Å². The third kappa shape index (κ3) is 2.62. The molecular weight excluding hydrogens is 336 g/mol. The van der Waals surface area contributed by atoms with Crippen LogP contribution in [0.2, 0.25) is 0 Å². The summed E-state index contributed by atoms with van der Waals surface area (Å²) in [5.41, 5.74) is -1.00. The van der Waals surface area contributed by atoms with E-state index in [1.54, 1.807) is 0 Å². The van der Waals surface area contributed by atoms with E-state index in [-0.39, 0.29) is 16.8 Å². The zero-order valence-corrected chi connectivity index (χ0v) is 11.4. The number of furan rings is 1. The van der Waals surface area contributed by atoms with Crippen molar-refractivity contribution in [2.24, 2.45) is 0 Å². The Morgan fingerprint density at radius 2 is 2.20 bits per heavy atom. The number of aromatic nitrogens is 1. The fraction of sp³-hybridized carbons (Fsp3) is 0.0909. The number of rotatable bonds is 4. The number of carbonyl (C=O) groups is 1. The minimum atomic E-state index is -1.24. The summed E-state index contributed by atoms with van der Waals surface area (Å²) >= 11 is 2.94. The molecule has 0 amide bonds. The van der Waals surface area contributed by atoms with Crippen molar-refractivity contribution in [1.82, 2.24) is 4.57 Å². The van der Waals surface area contributed by atoms with Gasteiger partial charge in [0.05, 0.1) is 28.4 Å². The standard InChI is InChI=1S/C11H7BrN2O6/c12-7-4-13(5-8(9(7)15)14(18)19)3-6-1-2-20-10(6)11(16)17/h1-2,4-5H,3H2,(H,16,17). The molecule has 0 bridgehead atoms. The molecule has 0 aromatic carbocycles. The van der Waals surface area contributed by atoms with Crippen molar-refractivity contribution in [3.63, 3.8) is 0 Å². The Labute approximate surface area is 119 Å². The molecular formula is C11H7BrN2O6. The minimum absolute atomic E-state index is 0.0204. The van der Waals surface area contributed by atoms with Crippen molar-refractivity contribution in [2.45, 2.75) is 6.54 Å². The molecule has 0 aliphatic carbocycles. The number of hydrogen-bond donors (Lipinski definition) is 1. The van der Waals surface area contributed by atoms with Gasteiger partial charge in [0.2, 0.25) is 5.76 Å². The number of aromatic carboxylic acids is 1. The third-order valence-electron chi connectivity index (χ3n) is 2.51. The highest BCUT2D eigenvalue weighted by atomic mass is 79.9. The van der Waals surface area contributed by atoms with Crippen LogP contribution in [0, 0.1) is 10.1 Å². The summed E-state index contributed by atoms with van der Waals surface area (Å²) in [7, 11) is 0. The number of pyridine rings is 1. The summed E-state index contributed by atoms with van der Waals surface area (Å²) in [5, 5.41) is 19.7. The van der Waals surface area contributed by atoms with Gasteiger partial charge in [0.1, 0.15) is 0 Å². The molecule has 0 unspecified atom stereocenters. The first kappa shape index (κ1) is 14.0. The summed E-state index contributed by atoms with van der Waals surface area (Å²) in [6, 6.07) is 1.45. The fourth-order valence-electron chi connectivity index (χ4n) is 1.65. The van der Waals surface area contributed by atoms with E-state index < -0.39 is 22.0 Å². The summed E-state index contributed by atoms with van der Waals surface area (Å²) in [4.78, 5) is 32.4. The second-order valence-electron chi connectivity index (χ2n) is 3.83. The minimum Gasteiger partial charge on any atom is -0.475 e. The molecule has 1 N–H and O–H groups in total. The first-order chi connectivity index (χ1) is 9.40. The quantitative estimate of drug-likeness (QED) is 0.669. The van der Waals surface area contributed by atoms with E-state index in [9.17, 15) is 19.7 Å². The maximum Gasteiger partial charge on any atom is 0.372 e. The van der Waals surface area contributed by atoms with E-state index in [1.165, 1.54) is 23.1 Å². The van der Waals surface area contributed by atoms with Gasteiger partial charge in [-0.1, -0.05) is 0 Å². The lowest BCUT2D eigenvalue weighted by atomic mass is 10.2. The van der Waals surface area contributed by atoms with Crippen LogP contribution in [0.3, 0.4) is 0 Å². The van der Waals surface area contributed by atoms with Crippen LogP contribution in [0.15, 0.2) is 38.4 Å². The van der Waals surface area contributed by atoms with E-state index in [2.05, 4.69) is 15.9 Å². The molecule has 2 aromatic heterocycles. The molecule has 0 aliphatic heterocycles. The van der Waals surface area contributed by atoms with Crippen molar-refractivity contribution >= 4 is 27.6 Å². The van der Waals surface area contributed by atoms with Crippen LogP contribution in [0.4, 0.5) is 5.69 Å². The molecule has 20 heavy (non-hydrogen) atoms. The Bertz CT molecular complexity index is 748. The number of halogens is 1. The molecule has 8 nitrogen and oxygen atoms in total. The van der Waals surface area contributed by atoms with Crippen LogP contribution in [-0.4, -0.2) is 20.6 Å². The van der Waals surface area contributed by atoms with Gasteiger partial charge < -0.3 is 14.1 Å². The van der Waals surface area contributed by atoms with Gasteiger partial charge in [-0.3, -0.25) is 14.9 Å². The Hall–Kier alpha value is -2.42. The average molecular weight is 343 g/mol. The van der Waals surface area contributed by atoms with Gasteiger partial charge in [0.15, 0.2) is 0 Å². The van der Waals surface area contributed by atoms with Gasteiger partial charge in [0.25, 0.3) is 5.43 Å². The first-order valence-electron chi connectivity index (χ1n) is 5.23. The van der Waals surface area contributed by atoms with E-state index in [4.69, 9.17) is 9.52 Å².